The van der Waals surface area contributed by atoms with Gasteiger partial charge in [0.2, 0.25) is 0 Å². The molecule has 108 valence electrons. The molecule has 0 saturated heterocycles. The van der Waals surface area contributed by atoms with Crippen LogP contribution < -0.4 is 10.9 Å². The first-order valence-corrected chi connectivity index (χ1v) is 7.57. The molecule has 0 atom stereocenters. The van der Waals surface area contributed by atoms with Crippen LogP contribution in [-0.2, 0) is 6.54 Å². The zero-order valence-corrected chi connectivity index (χ0v) is 12.4. The normalized spacial score (nSPS) is 10.9. The average Bonchev–Trinajstić information content (AvgIpc) is 2.95. The number of benzene rings is 1. The molecule has 2 aromatic heterocycles. The van der Waals surface area contributed by atoms with Gasteiger partial charge in [-0.2, -0.15) is 5.10 Å². The van der Waals surface area contributed by atoms with Gasteiger partial charge < -0.3 is 5.32 Å². The molecule has 0 aliphatic carbocycles. The molecule has 0 radical (unpaired) electrons. The molecule has 0 unspecified atom stereocenters. The van der Waals surface area contributed by atoms with E-state index in [2.05, 4.69) is 26.9 Å². The Morgan fingerprint density at radius 3 is 3.05 bits per heavy atom. The highest BCUT2D eigenvalue weighted by atomic mass is 32.1. The molecule has 6 nitrogen and oxygen atoms in total. The van der Waals surface area contributed by atoms with Gasteiger partial charge in [0.15, 0.2) is 0 Å². The summed E-state index contributed by atoms with van der Waals surface area (Å²) >= 11 is 1.30. The van der Waals surface area contributed by atoms with Crippen molar-refractivity contribution in [2.75, 3.05) is 11.9 Å². The minimum Gasteiger partial charge on any atom is -0.374 e. The van der Waals surface area contributed by atoms with Gasteiger partial charge in [0, 0.05) is 23.5 Å². The molecule has 0 aliphatic heterocycles. The van der Waals surface area contributed by atoms with E-state index in [1.54, 1.807) is 6.20 Å². The van der Waals surface area contributed by atoms with Crippen molar-refractivity contribution in [2.24, 2.45) is 0 Å². The fraction of sp³-hybridized carbons (Fsp3) is 0.286. The van der Waals surface area contributed by atoms with E-state index in [0.29, 0.717) is 11.9 Å². The summed E-state index contributed by atoms with van der Waals surface area (Å²) in [5.41, 5.74) is 0.640. The van der Waals surface area contributed by atoms with Crippen LogP contribution >= 0.6 is 11.5 Å². The predicted molar refractivity (Wildman–Crippen MR) is 83.8 cm³/mol. The average molecular weight is 301 g/mol. The monoisotopic (exact) mass is 301 g/mol. The van der Waals surface area contributed by atoms with Gasteiger partial charge in [0.25, 0.3) is 5.56 Å². The van der Waals surface area contributed by atoms with Crippen LogP contribution in [0.4, 0.5) is 5.00 Å². The molecule has 3 rings (SSSR count). The summed E-state index contributed by atoms with van der Waals surface area (Å²) in [6, 6.07) is 7.44. The molecule has 0 aliphatic rings. The van der Waals surface area contributed by atoms with E-state index in [-0.39, 0.29) is 5.56 Å². The van der Waals surface area contributed by atoms with Gasteiger partial charge in [-0.15, -0.1) is 5.10 Å². The van der Waals surface area contributed by atoms with Gasteiger partial charge in [-0.05, 0) is 12.5 Å². The molecule has 0 fully saturated rings. The van der Waals surface area contributed by atoms with Crippen LogP contribution in [0, 0.1) is 0 Å². The molecule has 21 heavy (non-hydrogen) atoms. The Morgan fingerprint density at radius 2 is 2.19 bits per heavy atom. The van der Waals surface area contributed by atoms with E-state index < -0.39 is 0 Å². The molecule has 0 bridgehead atoms. The number of rotatable bonds is 5. The first-order chi connectivity index (χ1) is 10.3. The summed E-state index contributed by atoms with van der Waals surface area (Å²) in [5.74, 6) is 0. The summed E-state index contributed by atoms with van der Waals surface area (Å²) in [4.78, 5) is 12.4. The van der Waals surface area contributed by atoms with Gasteiger partial charge in [0.1, 0.15) is 10.7 Å². The summed E-state index contributed by atoms with van der Waals surface area (Å²) < 4.78 is 5.38. The van der Waals surface area contributed by atoms with Crippen LogP contribution in [0.2, 0.25) is 0 Å². The maximum atomic E-state index is 12.4. The third kappa shape index (κ3) is 2.78. The summed E-state index contributed by atoms with van der Waals surface area (Å²) in [5, 5.41) is 14.0. The predicted octanol–water partition coefficient (Wildman–Crippen LogP) is 2.12. The van der Waals surface area contributed by atoms with E-state index in [4.69, 9.17) is 0 Å². The maximum absolute atomic E-state index is 12.4. The maximum Gasteiger partial charge on any atom is 0.274 e. The largest absolute Gasteiger partial charge is 0.374 e. The second-order valence-electron chi connectivity index (χ2n) is 4.67. The second kappa shape index (κ2) is 6.01. The SMILES string of the molecule is CCCNc1snnc1Cn1ncc2ccccc2c1=O. The minimum atomic E-state index is -0.109. The van der Waals surface area contributed by atoms with Crippen molar-refractivity contribution in [3.63, 3.8) is 0 Å². The van der Waals surface area contributed by atoms with Gasteiger partial charge in [-0.1, -0.05) is 29.6 Å². The van der Waals surface area contributed by atoms with Crippen molar-refractivity contribution >= 4 is 27.3 Å². The second-order valence-corrected chi connectivity index (χ2v) is 5.42. The van der Waals surface area contributed by atoms with Crippen molar-refractivity contribution in [3.8, 4) is 0 Å². The van der Waals surface area contributed by atoms with E-state index in [1.807, 2.05) is 24.3 Å². The molecule has 3 aromatic rings. The Labute approximate surface area is 125 Å². The number of nitrogens with zero attached hydrogens (tertiary/aromatic N) is 4. The molecule has 1 N–H and O–H groups in total. The van der Waals surface area contributed by atoms with Crippen molar-refractivity contribution in [1.82, 2.24) is 19.4 Å². The highest BCUT2D eigenvalue weighted by Crippen LogP contribution is 2.18. The van der Waals surface area contributed by atoms with E-state index in [1.165, 1.54) is 16.2 Å². The number of hydrogen-bond acceptors (Lipinski definition) is 6. The Bertz CT molecular complexity index is 810. The Hall–Kier alpha value is -2.28. The lowest BCUT2D eigenvalue weighted by Gasteiger charge is -2.06. The molecular weight excluding hydrogens is 286 g/mol. The van der Waals surface area contributed by atoms with Crippen LogP contribution in [0.3, 0.4) is 0 Å². The van der Waals surface area contributed by atoms with Gasteiger partial charge in [-0.3, -0.25) is 4.79 Å². The highest BCUT2D eigenvalue weighted by molar-refractivity contribution is 7.10. The van der Waals surface area contributed by atoms with Crippen molar-refractivity contribution in [1.29, 1.82) is 0 Å². The van der Waals surface area contributed by atoms with Gasteiger partial charge in [-0.25, -0.2) is 4.68 Å². The first-order valence-electron chi connectivity index (χ1n) is 6.79. The zero-order chi connectivity index (χ0) is 14.7. The lowest BCUT2D eigenvalue weighted by Crippen LogP contribution is -2.23. The Morgan fingerprint density at radius 1 is 1.33 bits per heavy atom. The quantitative estimate of drug-likeness (QED) is 0.781. The third-order valence-corrected chi connectivity index (χ3v) is 3.88. The third-order valence-electron chi connectivity index (χ3n) is 3.15. The van der Waals surface area contributed by atoms with Crippen LogP contribution in [-0.4, -0.2) is 25.9 Å². The van der Waals surface area contributed by atoms with Gasteiger partial charge >= 0.3 is 0 Å². The van der Waals surface area contributed by atoms with Gasteiger partial charge in [0.05, 0.1) is 18.1 Å². The van der Waals surface area contributed by atoms with E-state index in [0.717, 1.165) is 29.0 Å². The van der Waals surface area contributed by atoms with Crippen LogP contribution in [0.15, 0.2) is 35.3 Å². The van der Waals surface area contributed by atoms with Crippen molar-refractivity contribution < 1.29 is 0 Å². The summed E-state index contributed by atoms with van der Waals surface area (Å²) in [7, 11) is 0. The molecule has 1 aromatic carbocycles. The molecule has 0 spiro atoms. The molecule has 2 heterocycles. The number of hydrogen-bond donors (Lipinski definition) is 1. The van der Waals surface area contributed by atoms with Crippen LogP contribution in [0.5, 0.6) is 0 Å². The molecule has 0 saturated carbocycles. The fourth-order valence-corrected chi connectivity index (χ4v) is 2.67. The molecule has 0 amide bonds. The van der Waals surface area contributed by atoms with E-state index >= 15 is 0 Å². The summed E-state index contributed by atoms with van der Waals surface area (Å²) in [6.45, 7) is 3.28. The standard InChI is InChI=1S/C14H15N5OS/c1-2-7-15-13-12(17-18-21-13)9-19-14(20)11-6-4-3-5-10(11)8-16-19/h3-6,8,15H,2,7,9H2,1H3. The lowest BCUT2D eigenvalue weighted by molar-refractivity contribution is 0.634. The Balaban J connectivity index is 1.94. The molecular formula is C14H15N5OS. The number of fused-ring (bicyclic) bond motifs is 1. The highest BCUT2D eigenvalue weighted by Gasteiger charge is 2.11. The van der Waals surface area contributed by atoms with Crippen LogP contribution in [0.1, 0.15) is 19.0 Å². The van der Waals surface area contributed by atoms with Crippen molar-refractivity contribution in [3.05, 3.63) is 46.5 Å². The number of nitrogens with one attached hydrogen (secondary N) is 1. The Kier molecular flexibility index (Phi) is 3.92. The zero-order valence-electron chi connectivity index (χ0n) is 11.6. The fourth-order valence-electron chi connectivity index (χ4n) is 2.07. The summed E-state index contributed by atoms with van der Waals surface area (Å²) in [6.07, 6.45) is 2.72. The molecule has 7 heteroatoms. The van der Waals surface area contributed by atoms with Crippen molar-refractivity contribution in [2.45, 2.75) is 19.9 Å². The van der Waals surface area contributed by atoms with E-state index in [9.17, 15) is 4.79 Å². The topological polar surface area (TPSA) is 72.7 Å². The smallest absolute Gasteiger partial charge is 0.274 e. The number of aromatic nitrogens is 4. The minimum absolute atomic E-state index is 0.109. The lowest BCUT2D eigenvalue weighted by atomic mass is 10.2. The van der Waals surface area contributed by atoms with Crippen LogP contribution in [0.25, 0.3) is 10.8 Å². The first kappa shape index (κ1) is 13.7. The number of anilines is 1.